The van der Waals surface area contributed by atoms with E-state index in [9.17, 15) is 4.79 Å². The van der Waals surface area contributed by atoms with Crippen molar-refractivity contribution in [2.45, 2.75) is 0 Å². The number of thiophene rings is 1. The number of carbonyl (C=O) groups is 1. The summed E-state index contributed by atoms with van der Waals surface area (Å²) >= 11 is 6.45. The van der Waals surface area contributed by atoms with Gasteiger partial charge in [0.25, 0.3) is 0 Å². The maximum absolute atomic E-state index is 11.0. The summed E-state index contributed by atoms with van der Waals surface area (Å²) in [6.45, 7) is 0. The van der Waals surface area contributed by atoms with Gasteiger partial charge in [-0.25, -0.2) is 4.79 Å². The molecule has 0 bridgehead atoms. The van der Waals surface area contributed by atoms with Crippen LogP contribution in [0.3, 0.4) is 0 Å². The van der Waals surface area contributed by atoms with E-state index in [1.54, 1.807) is 6.07 Å². The van der Waals surface area contributed by atoms with Crippen molar-refractivity contribution in [1.82, 2.24) is 4.98 Å². The number of aromatic amines is 1. The summed E-state index contributed by atoms with van der Waals surface area (Å²) in [6, 6.07) is 6.94. The fourth-order valence-electron chi connectivity index (χ4n) is 1.40. The predicted octanol–water partition coefficient (Wildman–Crippen LogP) is 3.04. The van der Waals surface area contributed by atoms with Crippen molar-refractivity contribution >= 4 is 29.5 Å². The quantitative estimate of drug-likeness (QED) is 0.815. The van der Waals surface area contributed by atoms with Crippen molar-refractivity contribution in [2.75, 3.05) is 0 Å². The number of nitrogens with zero attached hydrogens (tertiary/aromatic N) is 1. The van der Waals surface area contributed by atoms with Gasteiger partial charge in [0, 0.05) is 0 Å². The highest BCUT2D eigenvalue weighted by Crippen LogP contribution is 2.25. The molecule has 4 nitrogen and oxygen atoms in total. The van der Waals surface area contributed by atoms with Gasteiger partial charge in [0.1, 0.15) is 16.3 Å². The molecule has 0 aliphatic heterocycles. The summed E-state index contributed by atoms with van der Waals surface area (Å²) < 4.78 is 0.149. The average molecular weight is 262 g/mol. The van der Waals surface area contributed by atoms with E-state index in [-0.39, 0.29) is 15.8 Å². The summed E-state index contributed by atoms with van der Waals surface area (Å²) in [5.74, 6) is -1.15. The molecule has 0 saturated carbocycles. The number of hydrogen-bond acceptors (Lipinski definition) is 4. The second-order valence-electron chi connectivity index (χ2n) is 3.20. The fraction of sp³-hybridized carbons (Fsp3) is 0. The highest BCUT2D eigenvalue weighted by atomic mass is 32.1. The zero-order valence-corrected chi connectivity index (χ0v) is 10.1. The Kier molecular flexibility index (Phi) is 3.04. The maximum Gasteiger partial charge on any atom is 0.337 e. The van der Waals surface area contributed by atoms with Gasteiger partial charge in [-0.1, -0.05) is 18.3 Å². The lowest BCUT2D eigenvalue weighted by Crippen LogP contribution is -2.03. The van der Waals surface area contributed by atoms with Crippen LogP contribution in [0.2, 0.25) is 0 Å². The molecule has 0 spiro atoms. The molecule has 6 heteroatoms. The third-order valence-corrected chi connectivity index (χ3v) is 3.37. The lowest BCUT2D eigenvalue weighted by molar-refractivity contribution is 0.0696. The molecule has 17 heavy (non-hydrogen) atoms. The molecule has 2 N–H and O–H groups in total. The number of hydrogen-bond donors (Lipinski definition) is 2. The van der Waals surface area contributed by atoms with Crippen molar-refractivity contribution in [1.29, 1.82) is 5.26 Å². The molecule has 0 unspecified atom stereocenters. The van der Waals surface area contributed by atoms with Crippen LogP contribution >= 0.6 is 23.6 Å². The first-order chi connectivity index (χ1) is 8.13. The number of H-pyrrole nitrogens is 1. The number of carboxylic acids is 1. The van der Waals surface area contributed by atoms with Crippen LogP contribution in [0.25, 0.3) is 10.6 Å². The Morgan fingerprint density at radius 1 is 1.59 bits per heavy atom. The highest BCUT2D eigenvalue weighted by molar-refractivity contribution is 7.71. The van der Waals surface area contributed by atoms with Gasteiger partial charge in [0.05, 0.1) is 16.1 Å². The van der Waals surface area contributed by atoms with Crippen LogP contribution < -0.4 is 0 Å². The summed E-state index contributed by atoms with van der Waals surface area (Å²) in [7, 11) is 0. The van der Waals surface area contributed by atoms with E-state index in [2.05, 4.69) is 4.98 Å². The van der Waals surface area contributed by atoms with Crippen LogP contribution in [-0.2, 0) is 0 Å². The Balaban J connectivity index is 2.72. The van der Waals surface area contributed by atoms with E-state index < -0.39 is 5.97 Å². The van der Waals surface area contributed by atoms with Gasteiger partial charge in [0.2, 0.25) is 0 Å². The van der Waals surface area contributed by atoms with Crippen LogP contribution in [0.4, 0.5) is 0 Å². The lowest BCUT2D eigenvalue weighted by Gasteiger charge is -2.03. The minimum atomic E-state index is -1.15. The van der Waals surface area contributed by atoms with Crippen LogP contribution in [0, 0.1) is 16.0 Å². The molecule has 0 fully saturated rings. The minimum absolute atomic E-state index is 0.00666. The van der Waals surface area contributed by atoms with Gasteiger partial charge in [-0.3, -0.25) is 0 Å². The SMILES string of the molecule is N#Cc1c(C(=O)O)cc(-c2cccs2)[nH]c1=S. The van der Waals surface area contributed by atoms with Crippen LogP contribution in [-0.4, -0.2) is 16.1 Å². The smallest absolute Gasteiger partial charge is 0.337 e. The first-order valence-electron chi connectivity index (χ1n) is 4.58. The molecule has 2 aromatic heterocycles. The molecule has 0 radical (unpaired) electrons. The second kappa shape index (κ2) is 4.49. The Labute approximate surface area is 106 Å². The maximum atomic E-state index is 11.0. The average Bonchev–Trinajstić information content (AvgIpc) is 2.81. The van der Waals surface area contributed by atoms with Crippen molar-refractivity contribution in [3.05, 3.63) is 39.3 Å². The highest BCUT2D eigenvalue weighted by Gasteiger charge is 2.14. The van der Waals surface area contributed by atoms with Crippen LogP contribution in [0.1, 0.15) is 15.9 Å². The summed E-state index contributed by atoms with van der Waals surface area (Å²) in [6.07, 6.45) is 0. The molecule has 2 rings (SSSR count). The van der Waals surface area contributed by atoms with E-state index in [1.807, 2.05) is 17.5 Å². The van der Waals surface area contributed by atoms with Crippen molar-refractivity contribution in [3.63, 3.8) is 0 Å². The zero-order chi connectivity index (χ0) is 12.4. The standard InChI is InChI=1S/C11H6N2O2S2/c12-5-7-6(11(14)15)4-8(13-10(7)16)9-2-1-3-17-9/h1-4H,(H,13,16)(H,14,15). The summed E-state index contributed by atoms with van der Waals surface area (Å²) in [5.41, 5.74) is 0.536. The number of pyridine rings is 1. The molecule has 0 amide bonds. The third kappa shape index (κ3) is 2.11. The third-order valence-electron chi connectivity index (χ3n) is 2.16. The molecule has 2 heterocycles. The van der Waals surface area contributed by atoms with Gasteiger partial charge >= 0.3 is 5.97 Å². The number of aromatic carboxylic acids is 1. The van der Waals surface area contributed by atoms with Gasteiger partial charge < -0.3 is 10.1 Å². The molecule has 84 valence electrons. The first-order valence-corrected chi connectivity index (χ1v) is 5.87. The largest absolute Gasteiger partial charge is 0.478 e. The van der Waals surface area contributed by atoms with Gasteiger partial charge in [0.15, 0.2) is 0 Å². The molecule has 0 atom stereocenters. The summed E-state index contributed by atoms with van der Waals surface area (Å²) in [5, 5.41) is 19.8. The normalized spacial score (nSPS) is 9.82. The second-order valence-corrected chi connectivity index (χ2v) is 4.55. The molecule has 0 aliphatic rings. The van der Waals surface area contributed by atoms with Gasteiger partial charge in [-0.15, -0.1) is 11.3 Å². The van der Waals surface area contributed by atoms with Crippen LogP contribution in [0.5, 0.6) is 0 Å². The number of nitriles is 1. The van der Waals surface area contributed by atoms with Crippen LogP contribution in [0.15, 0.2) is 23.6 Å². The van der Waals surface area contributed by atoms with Crippen molar-refractivity contribution < 1.29 is 9.90 Å². The molecular formula is C11H6N2O2S2. The summed E-state index contributed by atoms with van der Waals surface area (Å²) in [4.78, 5) is 14.8. The zero-order valence-electron chi connectivity index (χ0n) is 8.43. The predicted molar refractivity (Wildman–Crippen MR) is 66.6 cm³/mol. The molecule has 2 aromatic rings. The Hall–Kier alpha value is -1.97. The number of carboxylic acid groups (broad SMARTS) is 1. The molecule has 0 saturated heterocycles. The molecule has 0 aromatic carbocycles. The van der Waals surface area contributed by atoms with Gasteiger partial charge in [-0.2, -0.15) is 5.26 Å². The lowest BCUT2D eigenvalue weighted by atomic mass is 10.1. The monoisotopic (exact) mass is 262 g/mol. The topological polar surface area (TPSA) is 76.9 Å². The number of rotatable bonds is 2. The van der Waals surface area contributed by atoms with Crippen molar-refractivity contribution in [2.24, 2.45) is 0 Å². The van der Waals surface area contributed by atoms with E-state index in [0.717, 1.165) is 4.88 Å². The molecular weight excluding hydrogens is 256 g/mol. The minimum Gasteiger partial charge on any atom is -0.478 e. The van der Waals surface area contributed by atoms with E-state index in [1.165, 1.54) is 17.4 Å². The number of nitrogens with one attached hydrogen (secondary N) is 1. The van der Waals surface area contributed by atoms with Crippen molar-refractivity contribution in [3.8, 4) is 16.6 Å². The molecule has 0 aliphatic carbocycles. The fourth-order valence-corrected chi connectivity index (χ4v) is 2.37. The van der Waals surface area contributed by atoms with E-state index in [0.29, 0.717) is 5.69 Å². The Morgan fingerprint density at radius 3 is 2.88 bits per heavy atom. The van der Waals surface area contributed by atoms with E-state index in [4.69, 9.17) is 22.6 Å². The Morgan fingerprint density at radius 2 is 2.35 bits per heavy atom. The van der Waals surface area contributed by atoms with E-state index >= 15 is 0 Å². The first kappa shape index (κ1) is 11.5. The van der Waals surface area contributed by atoms with Gasteiger partial charge in [-0.05, 0) is 17.5 Å². The Bertz CT molecular complexity index is 666. The number of aromatic nitrogens is 1.